The lowest BCUT2D eigenvalue weighted by Gasteiger charge is -2.09. The molecule has 84 valence electrons. The Morgan fingerprint density at radius 2 is 2.06 bits per heavy atom. The van der Waals surface area contributed by atoms with E-state index >= 15 is 0 Å². The molecular formula is C13H14O3. The van der Waals surface area contributed by atoms with E-state index in [-0.39, 0.29) is 18.3 Å². The highest BCUT2D eigenvalue weighted by Crippen LogP contribution is 2.23. The maximum absolute atomic E-state index is 11.3. The van der Waals surface area contributed by atoms with Gasteiger partial charge in [-0.1, -0.05) is 23.8 Å². The first kappa shape index (κ1) is 10.9. The first-order chi connectivity index (χ1) is 7.56. The SMILES string of the molecule is Cc1ccc(C)c(CC2CC(=O)OC2=O)c1. The van der Waals surface area contributed by atoms with Crippen LogP contribution < -0.4 is 0 Å². The van der Waals surface area contributed by atoms with Gasteiger partial charge in [-0.15, -0.1) is 0 Å². The zero-order valence-electron chi connectivity index (χ0n) is 9.45. The molecule has 1 aromatic rings. The maximum Gasteiger partial charge on any atom is 0.317 e. The van der Waals surface area contributed by atoms with Gasteiger partial charge in [0.25, 0.3) is 0 Å². The lowest BCUT2D eigenvalue weighted by atomic mass is 9.94. The summed E-state index contributed by atoms with van der Waals surface area (Å²) in [6.45, 7) is 4.03. The molecule has 1 unspecified atom stereocenters. The molecule has 3 nitrogen and oxygen atoms in total. The van der Waals surface area contributed by atoms with Crippen LogP contribution in [0.2, 0.25) is 0 Å². The summed E-state index contributed by atoms with van der Waals surface area (Å²) < 4.78 is 4.54. The number of esters is 2. The summed E-state index contributed by atoms with van der Waals surface area (Å²) in [7, 11) is 0. The second kappa shape index (κ2) is 4.08. The van der Waals surface area contributed by atoms with Gasteiger partial charge < -0.3 is 4.74 Å². The smallest absolute Gasteiger partial charge is 0.317 e. The van der Waals surface area contributed by atoms with Crippen LogP contribution in [0.5, 0.6) is 0 Å². The van der Waals surface area contributed by atoms with Gasteiger partial charge in [-0.25, -0.2) is 0 Å². The number of rotatable bonds is 2. The fourth-order valence-corrected chi connectivity index (χ4v) is 1.96. The van der Waals surface area contributed by atoms with E-state index in [9.17, 15) is 9.59 Å². The van der Waals surface area contributed by atoms with Crippen LogP contribution >= 0.6 is 0 Å². The Morgan fingerprint density at radius 1 is 1.31 bits per heavy atom. The van der Waals surface area contributed by atoms with Crippen molar-refractivity contribution in [3.8, 4) is 0 Å². The summed E-state index contributed by atoms with van der Waals surface area (Å²) in [5, 5.41) is 0. The molecule has 2 rings (SSSR count). The van der Waals surface area contributed by atoms with E-state index in [1.165, 1.54) is 5.56 Å². The quantitative estimate of drug-likeness (QED) is 0.562. The zero-order valence-corrected chi connectivity index (χ0v) is 9.45. The van der Waals surface area contributed by atoms with Crippen LogP contribution in [0.4, 0.5) is 0 Å². The topological polar surface area (TPSA) is 43.4 Å². The van der Waals surface area contributed by atoms with E-state index in [0.717, 1.165) is 11.1 Å². The van der Waals surface area contributed by atoms with Gasteiger partial charge in [0.05, 0.1) is 12.3 Å². The molecule has 0 bridgehead atoms. The van der Waals surface area contributed by atoms with Crippen LogP contribution in [0.15, 0.2) is 18.2 Å². The van der Waals surface area contributed by atoms with Gasteiger partial charge in [0.1, 0.15) is 0 Å². The number of aryl methyl sites for hydroxylation is 2. The van der Waals surface area contributed by atoms with Gasteiger partial charge >= 0.3 is 11.9 Å². The molecule has 0 N–H and O–H groups in total. The largest absolute Gasteiger partial charge is 0.393 e. The standard InChI is InChI=1S/C13H14O3/c1-8-3-4-9(2)10(5-8)6-11-7-12(14)16-13(11)15/h3-5,11H,6-7H2,1-2H3. The highest BCUT2D eigenvalue weighted by molar-refractivity contribution is 5.94. The maximum atomic E-state index is 11.3. The highest BCUT2D eigenvalue weighted by Gasteiger charge is 2.33. The molecule has 1 saturated heterocycles. The second-order valence-corrected chi connectivity index (χ2v) is 4.33. The normalized spacial score (nSPS) is 20.0. The van der Waals surface area contributed by atoms with Crippen molar-refractivity contribution in [3.05, 3.63) is 34.9 Å². The summed E-state index contributed by atoms with van der Waals surface area (Å²) in [6, 6.07) is 6.13. The fourth-order valence-electron chi connectivity index (χ4n) is 1.96. The van der Waals surface area contributed by atoms with Crippen molar-refractivity contribution in [2.75, 3.05) is 0 Å². The van der Waals surface area contributed by atoms with E-state index < -0.39 is 5.97 Å². The van der Waals surface area contributed by atoms with Crippen LogP contribution in [0, 0.1) is 19.8 Å². The van der Waals surface area contributed by atoms with Crippen molar-refractivity contribution in [3.63, 3.8) is 0 Å². The lowest BCUT2D eigenvalue weighted by molar-refractivity contribution is -0.153. The molecule has 0 saturated carbocycles. The number of hydrogen-bond acceptors (Lipinski definition) is 3. The van der Waals surface area contributed by atoms with E-state index in [4.69, 9.17) is 0 Å². The van der Waals surface area contributed by atoms with Crippen molar-refractivity contribution < 1.29 is 14.3 Å². The molecular weight excluding hydrogens is 204 g/mol. The second-order valence-electron chi connectivity index (χ2n) is 4.33. The first-order valence-electron chi connectivity index (χ1n) is 5.37. The summed E-state index contributed by atoms with van der Waals surface area (Å²) in [4.78, 5) is 22.3. The van der Waals surface area contributed by atoms with Crippen LogP contribution in [-0.2, 0) is 20.7 Å². The van der Waals surface area contributed by atoms with Crippen molar-refractivity contribution in [2.24, 2.45) is 5.92 Å². The van der Waals surface area contributed by atoms with Gasteiger partial charge in [0, 0.05) is 0 Å². The third kappa shape index (κ3) is 2.13. The van der Waals surface area contributed by atoms with Gasteiger partial charge in [-0.05, 0) is 31.4 Å². The zero-order chi connectivity index (χ0) is 11.7. The molecule has 1 aliphatic rings. The predicted octanol–water partition coefficient (Wildman–Crippen LogP) is 1.94. The number of ether oxygens (including phenoxy) is 1. The third-order valence-corrected chi connectivity index (χ3v) is 2.93. The summed E-state index contributed by atoms with van der Waals surface area (Å²) in [5.74, 6) is -1.08. The molecule has 16 heavy (non-hydrogen) atoms. The summed E-state index contributed by atoms with van der Waals surface area (Å²) in [6.07, 6.45) is 0.810. The minimum Gasteiger partial charge on any atom is -0.393 e. The molecule has 0 amide bonds. The van der Waals surface area contributed by atoms with Crippen molar-refractivity contribution in [2.45, 2.75) is 26.7 Å². The van der Waals surface area contributed by atoms with Gasteiger partial charge in [0.15, 0.2) is 0 Å². The number of carbonyl (C=O) groups excluding carboxylic acids is 2. The molecule has 1 heterocycles. The Labute approximate surface area is 94.4 Å². The molecule has 3 heteroatoms. The molecule has 0 spiro atoms. The number of benzene rings is 1. The average molecular weight is 218 g/mol. The molecule has 1 atom stereocenters. The van der Waals surface area contributed by atoms with E-state index in [1.54, 1.807) is 0 Å². The van der Waals surface area contributed by atoms with E-state index in [0.29, 0.717) is 6.42 Å². The Balaban J connectivity index is 2.18. The number of cyclic esters (lactones) is 2. The van der Waals surface area contributed by atoms with Gasteiger partial charge in [-0.3, -0.25) is 9.59 Å². The van der Waals surface area contributed by atoms with Gasteiger partial charge in [0.2, 0.25) is 0 Å². The fraction of sp³-hybridized carbons (Fsp3) is 0.385. The van der Waals surface area contributed by atoms with Crippen molar-refractivity contribution >= 4 is 11.9 Å². The van der Waals surface area contributed by atoms with Crippen LogP contribution in [0.3, 0.4) is 0 Å². The van der Waals surface area contributed by atoms with Crippen molar-refractivity contribution in [1.29, 1.82) is 0 Å². The average Bonchev–Trinajstić information content (AvgIpc) is 2.51. The molecule has 1 aromatic carbocycles. The highest BCUT2D eigenvalue weighted by atomic mass is 16.6. The van der Waals surface area contributed by atoms with Crippen molar-refractivity contribution in [1.82, 2.24) is 0 Å². The Bertz CT molecular complexity index is 448. The number of hydrogen-bond donors (Lipinski definition) is 0. The molecule has 0 radical (unpaired) electrons. The minimum atomic E-state index is -0.402. The summed E-state index contributed by atoms with van der Waals surface area (Å²) in [5.41, 5.74) is 3.44. The Kier molecular flexibility index (Phi) is 2.77. The lowest BCUT2D eigenvalue weighted by Crippen LogP contribution is -2.11. The number of carbonyl (C=O) groups is 2. The first-order valence-corrected chi connectivity index (χ1v) is 5.37. The third-order valence-electron chi connectivity index (χ3n) is 2.93. The van der Waals surface area contributed by atoms with E-state index in [2.05, 4.69) is 10.8 Å². The molecule has 0 aromatic heterocycles. The predicted molar refractivity (Wildman–Crippen MR) is 58.8 cm³/mol. The monoisotopic (exact) mass is 218 g/mol. The Hall–Kier alpha value is -1.64. The molecule has 0 aliphatic carbocycles. The summed E-state index contributed by atoms with van der Waals surface area (Å²) >= 11 is 0. The van der Waals surface area contributed by atoms with Crippen LogP contribution in [0.1, 0.15) is 23.1 Å². The molecule has 1 aliphatic heterocycles. The minimum absolute atomic E-state index is 0.214. The molecule has 1 fully saturated rings. The van der Waals surface area contributed by atoms with E-state index in [1.807, 2.05) is 26.0 Å². The van der Waals surface area contributed by atoms with Crippen LogP contribution in [0.25, 0.3) is 0 Å². The Morgan fingerprint density at radius 3 is 2.69 bits per heavy atom. The van der Waals surface area contributed by atoms with Crippen LogP contribution in [-0.4, -0.2) is 11.9 Å². The van der Waals surface area contributed by atoms with Gasteiger partial charge in [-0.2, -0.15) is 0 Å².